The van der Waals surface area contributed by atoms with Crippen LogP contribution in [0.3, 0.4) is 0 Å². The number of ether oxygens (including phenoxy) is 1. The summed E-state index contributed by atoms with van der Waals surface area (Å²) in [5.41, 5.74) is 3.88. The van der Waals surface area contributed by atoms with Crippen molar-refractivity contribution in [2.45, 2.75) is 53.4 Å². The molecule has 0 bridgehead atoms. The Kier molecular flexibility index (Phi) is 8.54. The van der Waals surface area contributed by atoms with Gasteiger partial charge >= 0.3 is 5.97 Å². The minimum absolute atomic E-state index is 0.0109. The van der Waals surface area contributed by atoms with Gasteiger partial charge in [0.25, 0.3) is 5.91 Å². The van der Waals surface area contributed by atoms with E-state index < -0.39 is 11.9 Å². The van der Waals surface area contributed by atoms with Gasteiger partial charge in [0, 0.05) is 16.0 Å². The summed E-state index contributed by atoms with van der Waals surface area (Å²) in [6.07, 6.45) is 0.675. The number of carbonyl (C=O) groups excluding carboxylic acids is 2. The molecule has 0 unspecified atom stereocenters. The number of hydrogen-bond acceptors (Lipinski definition) is 6. The van der Waals surface area contributed by atoms with Crippen molar-refractivity contribution in [2.75, 3.05) is 11.9 Å². The maximum Gasteiger partial charge on any atom is 0.341 e. The largest absolute Gasteiger partial charge is 0.462 e. The third kappa shape index (κ3) is 5.91. The van der Waals surface area contributed by atoms with E-state index in [4.69, 9.17) is 32.5 Å². The third-order valence-corrected chi connectivity index (χ3v) is 7.93. The molecule has 0 aliphatic rings. The molecule has 0 spiro atoms. The van der Waals surface area contributed by atoms with Crippen molar-refractivity contribution in [1.29, 1.82) is 0 Å². The van der Waals surface area contributed by atoms with Crippen molar-refractivity contribution >= 4 is 51.4 Å². The van der Waals surface area contributed by atoms with Crippen LogP contribution in [0.2, 0.25) is 10.0 Å². The second kappa shape index (κ2) is 11.5. The summed E-state index contributed by atoms with van der Waals surface area (Å²) in [7, 11) is 0. The van der Waals surface area contributed by atoms with Gasteiger partial charge in [0.1, 0.15) is 27.6 Å². The minimum Gasteiger partial charge on any atom is -0.462 e. The molecule has 0 fully saturated rings. The molecule has 0 saturated carbocycles. The van der Waals surface area contributed by atoms with Crippen molar-refractivity contribution in [3.05, 3.63) is 79.8 Å². The average molecular weight is 586 g/mol. The first-order valence-electron chi connectivity index (χ1n) is 12.6. The van der Waals surface area contributed by atoms with Crippen LogP contribution in [0.5, 0.6) is 0 Å². The first kappa shape index (κ1) is 28.9. The second-order valence-electron chi connectivity index (χ2n) is 10.2. The molecular formula is C30H30Cl2N2O4S. The highest BCUT2D eigenvalue weighted by atomic mass is 35.5. The first-order chi connectivity index (χ1) is 18.4. The number of thiophene rings is 1. The van der Waals surface area contributed by atoms with Gasteiger partial charge in [0.2, 0.25) is 0 Å². The molecule has 1 N–H and O–H groups in total. The van der Waals surface area contributed by atoms with Crippen LogP contribution in [-0.4, -0.2) is 23.6 Å². The number of nitrogens with one attached hydrogen (secondary N) is 1. The Labute approximate surface area is 242 Å². The highest BCUT2D eigenvalue weighted by Crippen LogP contribution is 2.42. The van der Waals surface area contributed by atoms with Gasteiger partial charge in [-0.1, -0.05) is 86.4 Å². The Morgan fingerprint density at radius 3 is 2.23 bits per heavy atom. The molecule has 0 aliphatic heterocycles. The molecule has 2 heterocycles. The van der Waals surface area contributed by atoms with E-state index >= 15 is 0 Å². The predicted octanol–water partition coefficient (Wildman–Crippen LogP) is 9.11. The molecule has 204 valence electrons. The fraction of sp³-hybridized carbons (Fsp3) is 0.300. The van der Waals surface area contributed by atoms with Gasteiger partial charge in [-0.3, -0.25) is 4.79 Å². The van der Waals surface area contributed by atoms with Crippen LogP contribution in [0.25, 0.3) is 22.4 Å². The van der Waals surface area contributed by atoms with Crippen molar-refractivity contribution in [1.82, 2.24) is 5.16 Å². The average Bonchev–Trinajstić information content (AvgIpc) is 3.41. The zero-order valence-electron chi connectivity index (χ0n) is 22.7. The van der Waals surface area contributed by atoms with Crippen LogP contribution in [0.1, 0.15) is 71.0 Å². The van der Waals surface area contributed by atoms with Gasteiger partial charge in [-0.05, 0) is 48.9 Å². The number of benzene rings is 2. The van der Waals surface area contributed by atoms with Crippen LogP contribution in [0, 0.1) is 13.8 Å². The summed E-state index contributed by atoms with van der Waals surface area (Å²) >= 11 is 14.1. The molecule has 0 radical (unpaired) electrons. The Bertz CT molecular complexity index is 1510. The summed E-state index contributed by atoms with van der Waals surface area (Å²) in [5, 5.41) is 8.04. The number of hydrogen-bond donors (Lipinski definition) is 1. The maximum atomic E-state index is 13.7. The van der Waals surface area contributed by atoms with Gasteiger partial charge in [-0.15, -0.1) is 11.3 Å². The molecule has 4 aromatic rings. The Balaban J connectivity index is 1.79. The smallest absolute Gasteiger partial charge is 0.341 e. The van der Waals surface area contributed by atoms with Crippen molar-refractivity contribution in [3.63, 3.8) is 0 Å². The van der Waals surface area contributed by atoms with E-state index in [9.17, 15) is 9.59 Å². The maximum absolute atomic E-state index is 13.7. The molecule has 2 aromatic carbocycles. The number of rotatable bonds is 7. The lowest BCUT2D eigenvalue weighted by atomic mass is 9.86. The van der Waals surface area contributed by atoms with E-state index in [1.807, 2.05) is 26.0 Å². The molecule has 0 aliphatic carbocycles. The lowest BCUT2D eigenvalue weighted by molar-refractivity contribution is 0.0507. The molecule has 6 nitrogen and oxygen atoms in total. The van der Waals surface area contributed by atoms with E-state index in [0.29, 0.717) is 38.4 Å². The predicted molar refractivity (Wildman–Crippen MR) is 158 cm³/mol. The molecule has 4 rings (SSSR count). The van der Waals surface area contributed by atoms with Gasteiger partial charge in [0.15, 0.2) is 0 Å². The van der Waals surface area contributed by atoms with Crippen LogP contribution >= 0.6 is 34.5 Å². The Morgan fingerprint density at radius 2 is 1.64 bits per heavy atom. The topological polar surface area (TPSA) is 81.4 Å². The molecule has 0 saturated heterocycles. The number of esters is 1. The summed E-state index contributed by atoms with van der Waals surface area (Å²) in [4.78, 5) is 27.9. The highest BCUT2D eigenvalue weighted by molar-refractivity contribution is 7.17. The van der Waals surface area contributed by atoms with Crippen LogP contribution in [0.15, 0.2) is 47.0 Å². The number of carbonyl (C=O) groups is 2. The summed E-state index contributed by atoms with van der Waals surface area (Å²) < 4.78 is 10.9. The van der Waals surface area contributed by atoms with Crippen molar-refractivity contribution in [2.24, 2.45) is 0 Å². The van der Waals surface area contributed by atoms with Crippen LogP contribution < -0.4 is 5.32 Å². The quantitative estimate of drug-likeness (QED) is 0.219. The number of halogens is 2. The first-order valence-corrected chi connectivity index (χ1v) is 14.1. The summed E-state index contributed by atoms with van der Waals surface area (Å²) in [6.45, 7) is 12.2. The van der Waals surface area contributed by atoms with E-state index in [1.165, 1.54) is 16.9 Å². The van der Waals surface area contributed by atoms with Crippen LogP contribution in [0.4, 0.5) is 5.00 Å². The summed E-state index contributed by atoms with van der Waals surface area (Å²) in [5.74, 6) is -0.706. The number of nitrogens with zero attached hydrogens (tertiary/aromatic N) is 1. The Hall–Kier alpha value is -3.13. The third-order valence-electron chi connectivity index (χ3n) is 6.28. The fourth-order valence-corrected chi connectivity index (χ4v) is 5.91. The normalized spacial score (nSPS) is 11.5. The second-order valence-corrected chi connectivity index (χ2v) is 12.3. The van der Waals surface area contributed by atoms with Gasteiger partial charge in [0.05, 0.1) is 16.7 Å². The van der Waals surface area contributed by atoms with Gasteiger partial charge < -0.3 is 14.6 Å². The summed E-state index contributed by atoms with van der Waals surface area (Å²) in [6, 6.07) is 13.2. The van der Waals surface area contributed by atoms with Crippen molar-refractivity contribution in [3.8, 4) is 22.4 Å². The fourth-order valence-electron chi connectivity index (χ4n) is 4.28. The number of amides is 1. The van der Waals surface area contributed by atoms with Crippen LogP contribution in [-0.2, 0) is 10.2 Å². The van der Waals surface area contributed by atoms with Gasteiger partial charge in [-0.2, -0.15) is 0 Å². The van der Waals surface area contributed by atoms with E-state index in [2.05, 4.69) is 43.4 Å². The van der Waals surface area contributed by atoms with E-state index in [-0.39, 0.29) is 23.3 Å². The molecule has 9 heteroatoms. The number of aryl methyl sites for hydroxylation is 2. The molecule has 0 atom stereocenters. The highest BCUT2D eigenvalue weighted by Gasteiger charge is 2.29. The Morgan fingerprint density at radius 1 is 1.00 bits per heavy atom. The lowest BCUT2D eigenvalue weighted by Crippen LogP contribution is -2.16. The molecular weight excluding hydrogens is 555 g/mol. The number of anilines is 1. The lowest BCUT2D eigenvalue weighted by Gasteiger charge is -2.19. The van der Waals surface area contributed by atoms with Gasteiger partial charge in [-0.25, -0.2) is 4.79 Å². The molecule has 39 heavy (non-hydrogen) atoms. The minimum atomic E-state index is -0.500. The SMILES string of the molecule is CCCOC(=O)c1c(NC(=O)c2c(-c3c(Cl)cccc3Cl)noc2C)sc(C)c1-c1ccc(C(C)(C)C)cc1. The standard InChI is InChI=1S/C30H30Cl2N2O4S/c1-7-15-37-29(36)25-23(18-11-13-19(14-12-18)30(4,5)6)17(3)39-28(25)33-27(35)22-16(2)38-34-26(22)24-20(31)9-8-10-21(24)32/h8-14H,7,15H2,1-6H3,(H,33,35). The zero-order valence-corrected chi connectivity index (χ0v) is 25.0. The zero-order chi connectivity index (χ0) is 28.5. The molecule has 2 aromatic heterocycles. The molecule has 1 amide bonds. The van der Waals surface area contributed by atoms with Crippen molar-refractivity contribution < 1.29 is 18.8 Å². The number of aromatic nitrogens is 1. The van der Waals surface area contributed by atoms with E-state index in [0.717, 1.165) is 16.0 Å². The van der Waals surface area contributed by atoms with E-state index in [1.54, 1.807) is 25.1 Å². The monoisotopic (exact) mass is 584 g/mol.